The second-order valence-corrected chi connectivity index (χ2v) is 4.75. The third-order valence-corrected chi connectivity index (χ3v) is 3.33. The first-order valence-electron chi connectivity index (χ1n) is 6.04. The van der Waals surface area contributed by atoms with Crippen LogP contribution in [0.4, 0.5) is 0 Å². The Hall–Kier alpha value is -1.46. The number of ether oxygens (including phenoxy) is 1. The molecule has 1 N–H and O–H groups in total. The summed E-state index contributed by atoms with van der Waals surface area (Å²) in [6.45, 7) is 4.05. The molecule has 0 bridgehead atoms. The molecule has 5 nitrogen and oxygen atoms in total. The van der Waals surface area contributed by atoms with E-state index >= 15 is 0 Å². The maximum atomic E-state index is 11.2. The zero-order chi connectivity index (χ0) is 13.2. The van der Waals surface area contributed by atoms with Crippen molar-refractivity contribution >= 4 is 5.97 Å². The molecule has 0 saturated carbocycles. The number of carbonyl (C=O) groups excluding carboxylic acids is 1. The van der Waals surface area contributed by atoms with Crippen LogP contribution in [0.25, 0.3) is 0 Å². The maximum Gasteiger partial charge on any atom is 0.339 e. The number of aromatic nitrogens is 1. The van der Waals surface area contributed by atoms with Gasteiger partial charge in [0, 0.05) is 25.8 Å². The van der Waals surface area contributed by atoms with E-state index in [2.05, 4.69) is 14.6 Å². The van der Waals surface area contributed by atoms with Crippen molar-refractivity contribution in [2.45, 2.75) is 25.5 Å². The molecule has 0 radical (unpaired) electrons. The summed E-state index contributed by atoms with van der Waals surface area (Å²) in [5.74, 6) is -0.377. The zero-order valence-electron chi connectivity index (χ0n) is 10.7. The van der Waals surface area contributed by atoms with Crippen LogP contribution in [0, 0.1) is 0 Å². The van der Waals surface area contributed by atoms with Crippen LogP contribution in [-0.4, -0.2) is 46.8 Å². The number of pyridine rings is 1. The van der Waals surface area contributed by atoms with Gasteiger partial charge in [0.15, 0.2) is 0 Å². The standard InChI is InChI=1S/C13H18N2O3/c1-3-13(17)8-15(9-13)7-11-5-4-10(6-14-11)12(16)18-2/h4-6,17H,3,7-9H2,1-2H3. The van der Waals surface area contributed by atoms with Crippen molar-refractivity contribution in [3.05, 3.63) is 29.6 Å². The summed E-state index contributed by atoms with van der Waals surface area (Å²) in [6, 6.07) is 3.52. The monoisotopic (exact) mass is 250 g/mol. The Balaban J connectivity index is 1.90. The number of carbonyl (C=O) groups is 1. The minimum absolute atomic E-state index is 0.377. The molecule has 1 aromatic heterocycles. The van der Waals surface area contributed by atoms with Gasteiger partial charge in [0.05, 0.1) is 24.0 Å². The fourth-order valence-corrected chi connectivity index (χ4v) is 2.11. The lowest BCUT2D eigenvalue weighted by Gasteiger charge is -2.46. The molecule has 0 unspecified atom stereocenters. The van der Waals surface area contributed by atoms with Gasteiger partial charge in [0.25, 0.3) is 0 Å². The molecule has 2 heterocycles. The van der Waals surface area contributed by atoms with Crippen molar-refractivity contribution in [1.82, 2.24) is 9.88 Å². The largest absolute Gasteiger partial charge is 0.465 e. The Morgan fingerprint density at radius 2 is 2.28 bits per heavy atom. The van der Waals surface area contributed by atoms with Gasteiger partial charge in [0.2, 0.25) is 0 Å². The average molecular weight is 250 g/mol. The molecule has 0 amide bonds. The van der Waals surface area contributed by atoms with Crippen molar-refractivity contribution in [2.75, 3.05) is 20.2 Å². The number of likely N-dealkylation sites (tertiary alicyclic amines) is 1. The topological polar surface area (TPSA) is 62.7 Å². The lowest BCUT2D eigenvalue weighted by Crippen LogP contribution is -2.60. The number of hydrogen-bond acceptors (Lipinski definition) is 5. The summed E-state index contributed by atoms with van der Waals surface area (Å²) in [6.07, 6.45) is 2.30. The van der Waals surface area contributed by atoms with Crippen molar-refractivity contribution in [2.24, 2.45) is 0 Å². The van der Waals surface area contributed by atoms with E-state index in [1.54, 1.807) is 6.07 Å². The van der Waals surface area contributed by atoms with E-state index in [1.807, 2.05) is 13.0 Å². The smallest absolute Gasteiger partial charge is 0.339 e. The van der Waals surface area contributed by atoms with E-state index in [0.29, 0.717) is 25.2 Å². The Kier molecular flexibility index (Phi) is 3.63. The van der Waals surface area contributed by atoms with E-state index in [1.165, 1.54) is 13.3 Å². The van der Waals surface area contributed by atoms with E-state index in [9.17, 15) is 9.90 Å². The quantitative estimate of drug-likeness (QED) is 0.802. The Morgan fingerprint density at radius 3 is 2.78 bits per heavy atom. The summed E-state index contributed by atoms with van der Waals surface area (Å²) in [4.78, 5) is 17.6. The van der Waals surface area contributed by atoms with Crippen molar-refractivity contribution in [1.29, 1.82) is 0 Å². The fourth-order valence-electron chi connectivity index (χ4n) is 2.11. The first-order chi connectivity index (χ1) is 8.56. The molecule has 5 heteroatoms. The van der Waals surface area contributed by atoms with Crippen molar-refractivity contribution < 1.29 is 14.6 Å². The molecular weight excluding hydrogens is 232 g/mol. The second-order valence-electron chi connectivity index (χ2n) is 4.75. The van der Waals surface area contributed by atoms with Gasteiger partial charge >= 0.3 is 5.97 Å². The first-order valence-corrected chi connectivity index (χ1v) is 6.04. The molecule has 1 fully saturated rings. The predicted molar refractivity (Wildman–Crippen MR) is 66.1 cm³/mol. The molecule has 2 rings (SSSR count). The minimum Gasteiger partial charge on any atom is -0.465 e. The highest BCUT2D eigenvalue weighted by Crippen LogP contribution is 2.25. The van der Waals surface area contributed by atoms with Crippen LogP contribution >= 0.6 is 0 Å². The Morgan fingerprint density at radius 1 is 1.56 bits per heavy atom. The first kappa shape index (κ1) is 13.0. The summed E-state index contributed by atoms with van der Waals surface area (Å²) in [7, 11) is 1.35. The molecule has 1 saturated heterocycles. The molecular formula is C13H18N2O3. The van der Waals surface area contributed by atoms with Crippen LogP contribution in [0.5, 0.6) is 0 Å². The van der Waals surface area contributed by atoms with Gasteiger partial charge < -0.3 is 9.84 Å². The van der Waals surface area contributed by atoms with Crippen molar-refractivity contribution in [3.8, 4) is 0 Å². The zero-order valence-corrected chi connectivity index (χ0v) is 10.7. The number of rotatable bonds is 4. The number of aliphatic hydroxyl groups is 1. The van der Waals surface area contributed by atoms with E-state index in [-0.39, 0.29) is 5.97 Å². The van der Waals surface area contributed by atoms with Crippen LogP contribution in [0.15, 0.2) is 18.3 Å². The van der Waals surface area contributed by atoms with Crippen molar-refractivity contribution in [3.63, 3.8) is 0 Å². The number of hydrogen-bond donors (Lipinski definition) is 1. The van der Waals surface area contributed by atoms with Crippen LogP contribution < -0.4 is 0 Å². The fraction of sp³-hybridized carbons (Fsp3) is 0.538. The highest BCUT2D eigenvalue weighted by Gasteiger charge is 2.39. The lowest BCUT2D eigenvalue weighted by molar-refractivity contribution is -0.103. The van der Waals surface area contributed by atoms with Crippen LogP contribution in [0.3, 0.4) is 0 Å². The Labute approximate surface area is 106 Å². The van der Waals surface area contributed by atoms with Gasteiger partial charge in [-0.2, -0.15) is 0 Å². The number of β-amino-alcohol motifs (C(OH)–C–C–N with tert-alkyl or cyclic N) is 1. The number of nitrogens with zero attached hydrogens (tertiary/aromatic N) is 2. The summed E-state index contributed by atoms with van der Waals surface area (Å²) < 4.78 is 4.61. The molecule has 1 aromatic rings. The number of methoxy groups -OCH3 is 1. The highest BCUT2D eigenvalue weighted by molar-refractivity contribution is 5.88. The summed E-state index contributed by atoms with van der Waals surface area (Å²) in [5.41, 5.74) is 0.821. The van der Waals surface area contributed by atoms with Gasteiger partial charge in [-0.25, -0.2) is 4.79 Å². The second kappa shape index (κ2) is 5.04. The Bertz CT molecular complexity index is 424. The molecule has 1 aliphatic heterocycles. The molecule has 0 aromatic carbocycles. The number of esters is 1. The maximum absolute atomic E-state index is 11.2. The van der Waals surface area contributed by atoms with Gasteiger partial charge in [0.1, 0.15) is 0 Å². The molecule has 0 spiro atoms. The van der Waals surface area contributed by atoms with Crippen LogP contribution in [0.1, 0.15) is 29.4 Å². The molecule has 98 valence electrons. The predicted octanol–water partition coefficient (Wildman–Crippen LogP) is 0.825. The average Bonchev–Trinajstić information content (AvgIpc) is 2.36. The van der Waals surface area contributed by atoms with Crippen LogP contribution in [0.2, 0.25) is 0 Å². The molecule has 0 atom stereocenters. The molecule has 1 aliphatic rings. The third kappa shape index (κ3) is 2.68. The molecule has 18 heavy (non-hydrogen) atoms. The van der Waals surface area contributed by atoms with Crippen LogP contribution in [-0.2, 0) is 11.3 Å². The SMILES string of the molecule is CCC1(O)CN(Cc2ccc(C(=O)OC)cn2)C1. The summed E-state index contributed by atoms with van der Waals surface area (Å²) in [5, 5.41) is 9.89. The highest BCUT2D eigenvalue weighted by atomic mass is 16.5. The third-order valence-electron chi connectivity index (χ3n) is 3.33. The lowest BCUT2D eigenvalue weighted by atomic mass is 9.91. The van der Waals surface area contributed by atoms with Gasteiger partial charge in [-0.05, 0) is 18.6 Å². The summed E-state index contributed by atoms with van der Waals surface area (Å²) >= 11 is 0. The normalized spacial score (nSPS) is 18.2. The van der Waals surface area contributed by atoms with E-state index in [4.69, 9.17) is 0 Å². The minimum atomic E-state index is -0.522. The van der Waals surface area contributed by atoms with E-state index in [0.717, 1.165) is 12.1 Å². The van der Waals surface area contributed by atoms with E-state index < -0.39 is 5.60 Å². The van der Waals surface area contributed by atoms with Gasteiger partial charge in [-0.3, -0.25) is 9.88 Å². The molecule has 0 aliphatic carbocycles. The van der Waals surface area contributed by atoms with Gasteiger partial charge in [-0.15, -0.1) is 0 Å². The van der Waals surface area contributed by atoms with Gasteiger partial charge in [-0.1, -0.05) is 6.92 Å².